The number of aliphatic carboxylic acids is 1. The number of amides is 1. The van der Waals surface area contributed by atoms with Crippen molar-refractivity contribution in [2.45, 2.75) is 0 Å². The Hall–Kier alpha value is -3.93. The minimum Gasteiger partial charge on any atom is -0.496 e. The number of carboxylic acid groups (broad SMARTS) is 1. The van der Waals surface area contributed by atoms with Gasteiger partial charge >= 0.3 is 5.97 Å². The number of hydrogen-bond donors (Lipinski definition) is 3. The molecule has 2 rings (SSSR count). The fourth-order valence-corrected chi connectivity index (χ4v) is 3.66. The lowest BCUT2D eigenvalue weighted by Crippen LogP contribution is -2.22. The van der Waals surface area contributed by atoms with E-state index in [1.807, 2.05) is 0 Å². The van der Waals surface area contributed by atoms with Crippen LogP contribution >= 0.6 is 0 Å². The average Bonchev–Trinajstić information content (AvgIpc) is 2.75. The second-order valence-electron chi connectivity index (χ2n) is 6.44. The first kappa shape index (κ1) is 25.3. The third kappa shape index (κ3) is 7.04. The SMILES string of the molecule is COc1cc(OC)c(C=CC(=O)Nc2ccc(OC)c(NS(=O)(=O)CC(=O)O)c2)c(OC)c1. The number of carboxylic acids is 1. The van der Waals surface area contributed by atoms with Gasteiger partial charge in [-0.05, 0) is 24.3 Å². The molecule has 2 aromatic carbocycles. The average molecular weight is 480 g/mol. The Balaban J connectivity index is 2.26. The lowest BCUT2D eigenvalue weighted by atomic mass is 10.1. The highest BCUT2D eigenvalue weighted by Gasteiger charge is 2.18. The molecule has 0 atom stereocenters. The molecule has 2 aromatic rings. The number of methoxy groups -OCH3 is 4. The minimum absolute atomic E-state index is 0.0287. The van der Waals surface area contributed by atoms with Crippen molar-refractivity contribution in [1.82, 2.24) is 0 Å². The molecule has 0 bridgehead atoms. The van der Waals surface area contributed by atoms with Crippen molar-refractivity contribution < 1.29 is 42.1 Å². The van der Waals surface area contributed by atoms with E-state index in [-0.39, 0.29) is 17.1 Å². The number of sulfonamides is 1. The third-order valence-electron chi connectivity index (χ3n) is 4.20. The molecule has 0 spiro atoms. The molecule has 0 saturated heterocycles. The predicted molar refractivity (Wildman–Crippen MR) is 122 cm³/mol. The summed E-state index contributed by atoms with van der Waals surface area (Å²) in [6.07, 6.45) is 2.73. The summed E-state index contributed by atoms with van der Waals surface area (Å²) in [5.74, 6) is -1.66. The van der Waals surface area contributed by atoms with Crippen LogP contribution in [0.3, 0.4) is 0 Å². The van der Waals surface area contributed by atoms with Crippen molar-refractivity contribution >= 4 is 39.4 Å². The fourth-order valence-electron chi connectivity index (χ4n) is 2.77. The van der Waals surface area contributed by atoms with Crippen molar-refractivity contribution in [3.63, 3.8) is 0 Å². The molecule has 0 aliphatic heterocycles. The van der Waals surface area contributed by atoms with E-state index < -0.39 is 27.7 Å². The number of ether oxygens (including phenoxy) is 4. The number of nitrogens with one attached hydrogen (secondary N) is 2. The molecule has 0 unspecified atom stereocenters. The van der Waals surface area contributed by atoms with Gasteiger partial charge in [-0.2, -0.15) is 0 Å². The van der Waals surface area contributed by atoms with Crippen molar-refractivity contribution in [2.24, 2.45) is 0 Å². The molecule has 3 N–H and O–H groups in total. The number of carbonyl (C=O) groups is 2. The van der Waals surface area contributed by atoms with Crippen molar-refractivity contribution in [2.75, 3.05) is 44.2 Å². The van der Waals surface area contributed by atoms with Crippen LogP contribution in [0.5, 0.6) is 23.0 Å². The summed E-state index contributed by atoms with van der Waals surface area (Å²) >= 11 is 0. The Labute approximate surface area is 191 Å². The van der Waals surface area contributed by atoms with Gasteiger partial charge in [0.05, 0.1) is 39.7 Å². The maximum absolute atomic E-state index is 12.5. The topological polar surface area (TPSA) is 149 Å². The van der Waals surface area contributed by atoms with Gasteiger partial charge in [0.2, 0.25) is 15.9 Å². The molecular formula is C21H24N2O9S. The lowest BCUT2D eigenvalue weighted by Gasteiger charge is -2.13. The number of benzene rings is 2. The van der Waals surface area contributed by atoms with E-state index in [0.29, 0.717) is 22.8 Å². The molecular weight excluding hydrogens is 456 g/mol. The van der Waals surface area contributed by atoms with Crippen molar-refractivity contribution in [3.8, 4) is 23.0 Å². The summed E-state index contributed by atoms with van der Waals surface area (Å²) in [5.41, 5.74) is 0.721. The lowest BCUT2D eigenvalue weighted by molar-refractivity contribution is -0.134. The monoisotopic (exact) mass is 480 g/mol. The molecule has 0 fully saturated rings. The highest BCUT2D eigenvalue weighted by Crippen LogP contribution is 2.35. The maximum atomic E-state index is 12.5. The normalized spacial score (nSPS) is 11.0. The highest BCUT2D eigenvalue weighted by molar-refractivity contribution is 7.93. The molecule has 0 radical (unpaired) electrons. The van der Waals surface area contributed by atoms with Crippen LogP contribution in [0.1, 0.15) is 5.56 Å². The summed E-state index contributed by atoms with van der Waals surface area (Å²) in [5, 5.41) is 11.3. The van der Waals surface area contributed by atoms with Gasteiger partial charge in [0.15, 0.2) is 5.75 Å². The second kappa shape index (κ2) is 11.1. The summed E-state index contributed by atoms with van der Waals surface area (Å²) in [4.78, 5) is 23.2. The van der Waals surface area contributed by atoms with Gasteiger partial charge in [-0.15, -0.1) is 0 Å². The van der Waals surface area contributed by atoms with Crippen LogP contribution in [-0.2, 0) is 19.6 Å². The quantitative estimate of drug-likeness (QED) is 0.411. The van der Waals surface area contributed by atoms with Crippen LogP contribution in [0.4, 0.5) is 11.4 Å². The van der Waals surface area contributed by atoms with Crippen LogP contribution in [-0.4, -0.2) is 59.6 Å². The first-order valence-electron chi connectivity index (χ1n) is 9.31. The molecule has 0 aliphatic rings. The Bertz CT molecular complexity index is 1140. The molecule has 11 nitrogen and oxygen atoms in total. The predicted octanol–water partition coefficient (Wildman–Crippen LogP) is 2.20. The van der Waals surface area contributed by atoms with Gasteiger partial charge in [-0.3, -0.25) is 14.3 Å². The number of carbonyl (C=O) groups excluding carboxylic acids is 1. The van der Waals surface area contributed by atoms with E-state index in [1.54, 1.807) is 12.1 Å². The fraction of sp³-hybridized carbons (Fsp3) is 0.238. The van der Waals surface area contributed by atoms with Gasteiger partial charge < -0.3 is 29.4 Å². The van der Waals surface area contributed by atoms with Crippen LogP contribution in [0.25, 0.3) is 6.08 Å². The van der Waals surface area contributed by atoms with Crippen LogP contribution in [0.2, 0.25) is 0 Å². The molecule has 0 saturated carbocycles. The highest BCUT2D eigenvalue weighted by atomic mass is 32.2. The number of anilines is 2. The molecule has 1 amide bonds. The molecule has 0 heterocycles. The van der Waals surface area contributed by atoms with E-state index in [4.69, 9.17) is 24.1 Å². The summed E-state index contributed by atoms with van der Waals surface area (Å²) in [6.45, 7) is 0. The summed E-state index contributed by atoms with van der Waals surface area (Å²) in [6, 6.07) is 7.50. The van der Waals surface area contributed by atoms with E-state index in [2.05, 4.69) is 10.0 Å². The summed E-state index contributed by atoms with van der Waals surface area (Å²) in [7, 11) is 1.59. The zero-order chi connectivity index (χ0) is 24.6. The number of rotatable bonds is 11. The molecule has 12 heteroatoms. The standard InChI is InChI=1S/C21H24N2O9S/c1-29-14-10-18(31-3)15(19(11-14)32-4)6-8-20(24)22-13-5-7-17(30-2)16(9-13)23-33(27,28)12-21(25)26/h5-11,23H,12H2,1-4H3,(H,22,24)(H,25,26). The molecule has 0 aromatic heterocycles. The van der Waals surface area contributed by atoms with E-state index >= 15 is 0 Å². The number of hydrogen-bond acceptors (Lipinski definition) is 8. The van der Waals surface area contributed by atoms with Gasteiger partial charge in [0.1, 0.15) is 23.0 Å². The zero-order valence-corrected chi connectivity index (χ0v) is 19.2. The van der Waals surface area contributed by atoms with Gasteiger partial charge in [0, 0.05) is 23.9 Å². The first-order chi connectivity index (χ1) is 15.6. The summed E-state index contributed by atoms with van der Waals surface area (Å²) < 4.78 is 47.0. The second-order valence-corrected chi connectivity index (χ2v) is 8.16. The largest absolute Gasteiger partial charge is 0.496 e. The molecule has 0 aliphatic carbocycles. The van der Waals surface area contributed by atoms with E-state index in [0.717, 1.165) is 0 Å². The van der Waals surface area contributed by atoms with Crippen molar-refractivity contribution in [1.29, 1.82) is 0 Å². The van der Waals surface area contributed by atoms with Crippen LogP contribution < -0.4 is 29.0 Å². The molecule has 33 heavy (non-hydrogen) atoms. The Morgan fingerprint density at radius 3 is 2.06 bits per heavy atom. The minimum atomic E-state index is -4.17. The smallest absolute Gasteiger partial charge is 0.320 e. The van der Waals surface area contributed by atoms with Crippen molar-refractivity contribution in [3.05, 3.63) is 42.0 Å². The maximum Gasteiger partial charge on any atom is 0.320 e. The Kier molecular flexibility index (Phi) is 8.51. The zero-order valence-electron chi connectivity index (χ0n) is 18.4. The van der Waals surface area contributed by atoms with Crippen LogP contribution in [0, 0.1) is 0 Å². The molecule has 178 valence electrons. The Morgan fingerprint density at radius 1 is 0.939 bits per heavy atom. The first-order valence-corrected chi connectivity index (χ1v) is 11.0. The van der Waals surface area contributed by atoms with Gasteiger partial charge in [-0.1, -0.05) is 0 Å². The van der Waals surface area contributed by atoms with Crippen LogP contribution in [0.15, 0.2) is 36.4 Å². The third-order valence-corrected chi connectivity index (χ3v) is 5.36. The van der Waals surface area contributed by atoms with E-state index in [9.17, 15) is 18.0 Å². The van der Waals surface area contributed by atoms with Gasteiger partial charge in [-0.25, -0.2) is 8.42 Å². The Morgan fingerprint density at radius 2 is 1.55 bits per heavy atom. The van der Waals surface area contributed by atoms with Gasteiger partial charge in [0.25, 0.3) is 0 Å². The van der Waals surface area contributed by atoms with E-state index in [1.165, 1.54) is 58.8 Å².